The average molecular weight is 371 g/mol. The molecule has 0 aliphatic carbocycles. The van der Waals surface area contributed by atoms with Crippen LogP contribution in [0.15, 0.2) is 56.7 Å². The highest BCUT2D eigenvalue weighted by Crippen LogP contribution is 2.36. The molecule has 0 aromatic heterocycles. The molecule has 0 spiro atoms. The minimum Gasteiger partial charge on any atom is -0.313 e. The maximum absolute atomic E-state index is 6.37. The van der Waals surface area contributed by atoms with Crippen LogP contribution in [-0.2, 0) is 6.54 Å². The van der Waals surface area contributed by atoms with Crippen LogP contribution in [0.4, 0.5) is 0 Å². The lowest BCUT2D eigenvalue weighted by molar-refractivity contribution is 0.669. The third kappa shape index (κ3) is 4.52. The van der Waals surface area contributed by atoms with Gasteiger partial charge in [-0.1, -0.05) is 64.4 Å². The Labute approximate surface area is 138 Å². The van der Waals surface area contributed by atoms with E-state index < -0.39 is 0 Å². The summed E-state index contributed by atoms with van der Waals surface area (Å²) in [6.07, 6.45) is 1.13. The monoisotopic (exact) mass is 369 g/mol. The Kier molecular flexibility index (Phi) is 6.43. The van der Waals surface area contributed by atoms with Crippen LogP contribution < -0.4 is 5.32 Å². The Hall–Kier alpha value is -0.480. The van der Waals surface area contributed by atoms with Crippen molar-refractivity contribution in [3.8, 4) is 0 Å². The van der Waals surface area contributed by atoms with Crippen LogP contribution in [0.2, 0.25) is 5.02 Å². The molecule has 0 unspecified atom stereocenters. The molecule has 0 heterocycles. The molecular formula is C16H17BrClNS. The molecule has 2 aromatic rings. The lowest BCUT2D eigenvalue weighted by Gasteiger charge is -2.12. The van der Waals surface area contributed by atoms with Crippen LogP contribution in [0.5, 0.6) is 0 Å². The SMILES string of the molecule is CCCNCc1cccc(Cl)c1Sc1cccc(Br)c1. The predicted octanol–water partition coefficient (Wildman–Crippen LogP) is 5.75. The summed E-state index contributed by atoms with van der Waals surface area (Å²) in [4.78, 5) is 2.32. The van der Waals surface area contributed by atoms with Crippen LogP contribution >= 0.6 is 39.3 Å². The maximum atomic E-state index is 6.37. The zero-order valence-electron chi connectivity index (χ0n) is 11.3. The van der Waals surface area contributed by atoms with Gasteiger partial charge in [-0.3, -0.25) is 0 Å². The summed E-state index contributed by atoms with van der Waals surface area (Å²) < 4.78 is 1.08. The molecule has 1 nitrogen and oxygen atoms in total. The van der Waals surface area contributed by atoms with Crippen molar-refractivity contribution in [1.82, 2.24) is 5.32 Å². The summed E-state index contributed by atoms with van der Waals surface area (Å²) in [7, 11) is 0. The van der Waals surface area contributed by atoms with Crippen molar-refractivity contribution in [2.75, 3.05) is 6.54 Å². The molecular weight excluding hydrogens is 354 g/mol. The van der Waals surface area contributed by atoms with Gasteiger partial charge in [0.1, 0.15) is 0 Å². The lowest BCUT2D eigenvalue weighted by Crippen LogP contribution is -2.14. The van der Waals surface area contributed by atoms with Gasteiger partial charge < -0.3 is 5.32 Å². The zero-order valence-corrected chi connectivity index (χ0v) is 14.5. The van der Waals surface area contributed by atoms with Gasteiger partial charge in [0.2, 0.25) is 0 Å². The first-order valence-corrected chi connectivity index (χ1v) is 8.61. The van der Waals surface area contributed by atoms with E-state index in [0.29, 0.717) is 0 Å². The van der Waals surface area contributed by atoms with E-state index in [1.54, 1.807) is 11.8 Å². The second-order valence-electron chi connectivity index (χ2n) is 4.46. The molecule has 0 saturated carbocycles. The van der Waals surface area contributed by atoms with Gasteiger partial charge in [-0.2, -0.15) is 0 Å². The summed E-state index contributed by atoms with van der Waals surface area (Å²) in [6.45, 7) is 4.04. The molecule has 4 heteroatoms. The summed E-state index contributed by atoms with van der Waals surface area (Å²) in [5.41, 5.74) is 1.25. The normalized spacial score (nSPS) is 10.8. The van der Waals surface area contributed by atoms with Gasteiger partial charge in [0.05, 0.1) is 5.02 Å². The van der Waals surface area contributed by atoms with Crippen molar-refractivity contribution in [1.29, 1.82) is 0 Å². The van der Waals surface area contributed by atoms with Crippen LogP contribution in [0.25, 0.3) is 0 Å². The largest absolute Gasteiger partial charge is 0.313 e. The first kappa shape index (κ1) is 15.9. The maximum Gasteiger partial charge on any atom is 0.0548 e. The highest BCUT2D eigenvalue weighted by Gasteiger charge is 2.09. The molecule has 106 valence electrons. The smallest absolute Gasteiger partial charge is 0.0548 e. The molecule has 0 bridgehead atoms. The third-order valence-corrected chi connectivity index (χ3v) is 4.90. The van der Waals surface area contributed by atoms with Crippen LogP contribution in [0, 0.1) is 0 Å². The van der Waals surface area contributed by atoms with E-state index in [4.69, 9.17) is 11.6 Å². The third-order valence-electron chi connectivity index (χ3n) is 2.81. The summed E-state index contributed by atoms with van der Waals surface area (Å²) in [5.74, 6) is 0. The van der Waals surface area contributed by atoms with Gasteiger partial charge in [-0.05, 0) is 42.8 Å². The lowest BCUT2D eigenvalue weighted by atomic mass is 10.2. The van der Waals surface area contributed by atoms with Gasteiger partial charge in [-0.15, -0.1) is 0 Å². The Balaban J connectivity index is 2.21. The van der Waals surface area contributed by atoms with Crippen LogP contribution in [0.3, 0.4) is 0 Å². The summed E-state index contributed by atoms with van der Waals surface area (Å²) in [6, 6.07) is 14.4. The summed E-state index contributed by atoms with van der Waals surface area (Å²) >= 11 is 11.6. The number of halogens is 2. The van der Waals surface area contributed by atoms with Crippen molar-refractivity contribution < 1.29 is 0 Å². The van der Waals surface area contributed by atoms with Crippen molar-refractivity contribution in [2.24, 2.45) is 0 Å². The second-order valence-corrected chi connectivity index (χ2v) is 6.87. The molecule has 0 saturated heterocycles. The van der Waals surface area contributed by atoms with E-state index in [0.717, 1.165) is 33.9 Å². The van der Waals surface area contributed by atoms with E-state index >= 15 is 0 Å². The fourth-order valence-electron chi connectivity index (χ4n) is 1.86. The molecule has 20 heavy (non-hydrogen) atoms. The minimum absolute atomic E-state index is 0.811. The van der Waals surface area contributed by atoms with E-state index in [2.05, 4.69) is 46.4 Å². The Morgan fingerprint density at radius 3 is 2.75 bits per heavy atom. The zero-order chi connectivity index (χ0) is 14.4. The number of hydrogen-bond acceptors (Lipinski definition) is 2. The van der Waals surface area contributed by atoms with Crippen molar-refractivity contribution >= 4 is 39.3 Å². The van der Waals surface area contributed by atoms with Crippen LogP contribution in [0.1, 0.15) is 18.9 Å². The first-order chi connectivity index (χ1) is 9.70. The number of hydrogen-bond donors (Lipinski definition) is 1. The van der Waals surface area contributed by atoms with Crippen molar-refractivity contribution in [2.45, 2.75) is 29.7 Å². The molecule has 0 amide bonds. The molecule has 0 fully saturated rings. The van der Waals surface area contributed by atoms with E-state index in [9.17, 15) is 0 Å². The Morgan fingerprint density at radius 2 is 2.00 bits per heavy atom. The van der Waals surface area contributed by atoms with Gasteiger partial charge >= 0.3 is 0 Å². The van der Waals surface area contributed by atoms with Crippen LogP contribution in [-0.4, -0.2) is 6.54 Å². The van der Waals surface area contributed by atoms with Gasteiger partial charge in [0.25, 0.3) is 0 Å². The molecule has 2 rings (SSSR count). The predicted molar refractivity (Wildman–Crippen MR) is 91.7 cm³/mol. The van der Waals surface area contributed by atoms with Crippen molar-refractivity contribution in [3.63, 3.8) is 0 Å². The number of nitrogens with one attached hydrogen (secondary N) is 1. The fourth-order valence-corrected chi connectivity index (χ4v) is 3.72. The van der Waals surface area contributed by atoms with Gasteiger partial charge in [0, 0.05) is 20.8 Å². The highest BCUT2D eigenvalue weighted by atomic mass is 79.9. The quantitative estimate of drug-likeness (QED) is 0.649. The Bertz CT molecular complexity index is 574. The second kappa shape index (κ2) is 8.08. The molecule has 2 aromatic carbocycles. The molecule has 0 aliphatic rings. The molecule has 0 aliphatic heterocycles. The molecule has 0 radical (unpaired) electrons. The number of benzene rings is 2. The first-order valence-electron chi connectivity index (χ1n) is 6.62. The van der Waals surface area contributed by atoms with Gasteiger partial charge in [-0.25, -0.2) is 0 Å². The Morgan fingerprint density at radius 1 is 1.20 bits per heavy atom. The minimum atomic E-state index is 0.811. The molecule has 1 N–H and O–H groups in total. The molecule has 0 atom stereocenters. The average Bonchev–Trinajstić information content (AvgIpc) is 2.43. The van der Waals surface area contributed by atoms with E-state index in [1.165, 1.54) is 10.5 Å². The number of rotatable bonds is 6. The van der Waals surface area contributed by atoms with Crippen molar-refractivity contribution in [3.05, 3.63) is 57.5 Å². The van der Waals surface area contributed by atoms with Gasteiger partial charge in [0.15, 0.2) is 0 Å². The highest BCUT2D eigenvalue weighted by molar-refractivity contribution is 9.10. The summed E-state index contributed by atoms with van der Waals surface area (Å²) in [5, 5.41) is 4.25. The topological polar surface area (TPSA) is 12.0 Å². The van der Waals surface area contributed by atoms with E-state index in [-0.39, 0.29) is 0 Å². The fraction of sp³-hybridized carbons (Fsp3) is 0.250. The van der Waals surface area contributed by atoms with E-state index in [1.807, 2.05) is 24.3 Å². The standard InChI is InChI=1S/C16H17BrClNS/c1-2-9-19-11-12-5-3-8-15(18)16(12)20-14-7-4-6-13(17)10-14/h3-8,10,19H,2,9,11H2,1H3.